The van der Waals surface area contributed by atoms with Crippen molar-refractivity contribution in [3.8, 4) is 50.2 Å². The summed E-state index contributed by atoms with van der Waals surface area (Å²) in [6.45, 7) is 4.73. The van der Waals surface area contributed by atoms with Crippen LogP contribution in [-0.2, 0) is 5.41 Å². The van der Waals surface area contributed by atoms with Gasteiger partial charge in [0.15, 0.2) is 0 Å². The average molecular weight is 805 g/mol. The molecule has 1 aromatic heterocycles. The predicted molar refractivity (Wildman–Crippen MR) is 267 cm³/mol. The van der Waals surface area contributed by atoms with Gasteiger partial charge in [0.1, 0.15) is 0 Å². The van der Waals surface area contributed by atoms with Crippen LogP contribution in [0.15, 0.2) is 231 Å². The minimum absolute atomic E-state index is 0.140. The lowest BCUT2D eigenvalue weighted by atomic mass is 9.82. The van der Waals surface area contributed by atoms with E-state index in [4.69, 9.17) is 0 Å². The molecular weight excluding hydrogens is 761 g/mol. The topological polar surface area (TPSA) is 8.17 Å². The van der Waals surface area contributed by atoms with Gasteiger partial charge in [0, 0.05) is 38.8 Å². The van der Waals surface area contributed by atoms with Crippen LogP contribution < -0.4 is 4.90 Å². The van der Waals surface area contributed by atoms with Crippen molar-refractivity contribution in [2.24, 2.45) is 0 Å². The Balaban J connectivity index is 1.10. The second kappa shape index (κ2) is 14.6. The molecule has 63 heavy (non-hydrogen) atoms. The molecule has 0 saturated heterocycles. The van der Waals surface area contributed by atoms with Gasteiger partial charge < -0.3 is 9.47 Å². The Morgan fingerprint density at radius 2 is 0.857 bits per heavy atom. The molecule has 0 fully saturated rings. The second-order valence-electron chi connectivity index (χ2n) is 17.3. The summed E-state index contributed by atoms with van der Waals surface area (Å²) in [5, 5.41) is 4.95. The molecule has 2 nitrogen and oxygen atoms in total. The predicted octanol–water partition coefficient (Wildman–Crippen LogP) is 16.7. The Morgan fingerprint density at radius 3 is 1.62 bits per heavy atom. The fourth-order valence-corrected chi connectivity index (χ4v) is 10.4. The minimum atomic E-state index is -0.140. The number of rotatable bonds is 7. The molecule has 0 saturated carbocycles. The van der Waals surface area contributed by atoms with Crippen LogP contribution >= 0.6 is 0 Å². The highest BCUT2D eigenvalue weighted by atomic mass is 15.1. The monoisotopic (exact) mass is 804 g/mol. The summed E-state index contributed by atoms with van der Waals surface area (Å²) in [7, 11) is 0. The number of hydrogen-bond acceptors (Lipinski definition) is 1. The summed E-state index contributed by atoms with van der Waals surface area (Å²) in [5.41, 5.74) is 19.2. The average Bonchev–Trinajstić information content (AvgIpc) is 3.80. The van der Waals surface area contributed by atoms with E-state index in [0.717, 1.165) is 22.7 Å². The fraction of sp³-hybridized carbons (Fsp3) is 0.0492. The van der Waals surface area contributed by atoms with Crippen LogP contribution in [0.3, 0.4) is 0 Å². The number of nitrogens with zero attached hydrogens (tertiary/aromatic N) is 2. The molecule has 12 rings (SSSR count). The molecule has 0 spiro atoms. The van der Waals surface area contributed by atoms with Crippen molar-refractivity contribution in [3.05, 3.63) is 242 Å². The van der Waals surface area contributed by atoms with Crippen molar-refractivity contribution >= 4 is 49.6 Å². The molecule has 0 N–H and O–H groups in total. The molecule has 0 amide bonds. The van der Waals surface area contributed by atoms with Crippen LogP contribution in [0, 0.1) is 0 Å². The zero-order valence-corrected chi connectivity index (χ0v) is 35.3. The molecular formula is C61H44N2. The van der Waals surface area contributed by atoms with Gasteiger partial charge in [-0.05, 0) is 115 Å². The summed E-state index contributed by atoms with van der Waals surface area (Å²) in [4.78, 5) is 2.45. The zero-order valence-electron chi connectivity index (χ0n) is 35.3. The quantitative estimate of drug-likeness (QED) is 0.156. The van der Waals surface area contributed by atoms with E-state index in [2.05, 4.69) is 254 Å². The third-order valence-corrected chi connectivity index (χ3v) is 13.4. The first kappa shape index (κ1) is 36.9. The normalized spacial score (nSPS) is 12.7. The van der Waals surface area contributed by atoms with Gasteiger partial charge in [-0.3, -0.25) is 0 Å². The molecule has 1 heterocycles. The van der Waals surface area contributed by atoms with Crippen molar-refractivity contribution < 1.29 is 0 Å². The highest BCUT2D eigenvalue weighted by molar-refractivity contribution is 6.10. The Labute approximate surface area is 368 Å². The molecule has 0 bridgehead atoms. The lowest BCUT2D eigenvalue weighted by Crippen LogP contribution is -2.16. The first-order valence-corrected chi connectivity index (χ1v) is 21.9. The van der Waals surface area contributed by atoms with E-state index in [1.807, 2.05) is 0 Å². The van der Waals surface area contributed by atoms with E-state index in [9.17, 15) is 0 Å². The molecule has 11 aromatic rings. The first-order valence-electron chi connectivity index (χ1n) is 21.9. The first-order chi connectivity index (χ1) is 31.0. The number of aromatic nitrogens is 1. The lowest BCUT2D eigenvalue weighted by molar-refractivity contribution is 0.660. The van der Waals surface area contributed by atoms with Gasteiger partial charge in [-0.15, -0.1) is 0 Å². The maximum Gasteiger partial charge on any atom is 0.0541 e. The SMILES string of the molecule is CC1(C)c2ccccc2-c2ccc(N(c3ccc(-c4ccccc4)cc3)c3ccc(-c4ccccc4-n4c5ccccc5c5ccccc54)c(-c4cccc5ccccc45)c3)cc21. The number of para-hydroxylation sites is 3. The molecule has 0 atom stereocenters. The molecule has 0 aliphatic heterocycles. The van der Waals surface area contributed by atoms with Crippen LogP contribution in [0.2, 0.25) is 0 Å². The van der Waals surface area contributed by atoms with Crippen LogP contribution in [0.25, 0.3) is 82.8 Å². The van der Waals surface area contributed by atoms with E-state index >= 15 is 0 Å². The van der Waals surface area contributed by atoms with E-state index < -0.39 is 0 Å². The largest absolute Gasteiger partial charge is 0.310 e. The van der Waals surface area contributed by atoms with Crippen molar-refractivity contribution in [1.29, 1.82) is 0 Å². The molecule has 1 aliphatic rings. The van der Waals surface area contributed by atoms with Gasteiger partial charge in [-0.1, -0.05) is 190 Å². The van der Waals surface area contributed by atoms with Gasteiger partial charge >= 0.3 is 0 Å². The highest BCUT2D eigenvalue weighted by Crippen LogP contribution is 2.51. The Morgan fingerprint density at radius 1 is 0.333 bits per heavy atom. The molecule has 10 aromatic carbocycles. The van der Waals surface area contributed by atoms with Crippen LogP contribution in [0.1, 0.15) is 25.0 Å². The standard InChI is InChI=1S/C61H44N2/c1-61(2)56-27-12-8-22-50(56)51-38-36-46(40-57(51)61)62(44-33-31-42(32-34-44)41-17-4-3-5-18-41)45-35-37-49(55(39-45)48-26-16-20-43-19-6-7-21-47(43)48)52-23-9-13-28-58(52)63-59-29-14-10-24-53(59)54-25-11-15-30-60(54)63/h3-40H,1-2H3. The fourth-order valence-electron chi connectivity index (χ4n) is 10.4. The smallest absolute Gasteiger partial charge is 0.0541 e. The molecule has 2 heteroatoms. The van der Waals surface area contributed by atoms with Crippen LogP contribution in [-0.4, -0.2) is 4.57 Å². The summed E-state index contributed by atoms with van der Waals surface area (Å²) < 4.78 is 2.45. The lowest BCUT2D eigenvalue weighted by Gasteiger charge is -2.29. The zero-order chi connectivity index (χ0) is 42.1. The molecule has 1 aliphatic carbocycles. The highest BCUT2D eigenvalue weighted by Gasteiger charge is 2.36. The molecule has 298 valence electrons. The van der Waals surface area contributed by atoms with E-state index in [-0.39, 0.29) is 5.41 Å². The van der Waals surface area contributed by atoms with Gasteiger partial charge in [-0.25, -0.2) is 0 Å². The maximum atomic E-state index is 2.45. The molecule has 0 unspecified atom stereocenters. The van der Waals surface area contributed by atoms with E-state index in [0.29, 0.717) is 0 Å². The van der Waals surface area contributed by atoms with E-state index in [1.54, 1.807) is 0 Å². The molecule has 0 radical (unpaired) electrons. The Kier molecular flexibility index (Phi) is 8.55. The van der Waals surface area contributed by atoms with Crippen LogP contribution in [0.5, 0.6) is 0 Å². The Hall–Kier alpha value is -7.94. The number of hydrogen-bond donors (Lipinski definition) is 0. The second-order valence-corrected chi connectivity index (χ2v) is 17.3. The number of fused-ring (bicyclic) bond motifs is 7. The van der Waals surface area contributed by atoms with Crippen molar-refractivity contribution in [2.45, 2.75) is 19.3 Å². The number of anilines is 3. The third kappa shape index (κ3) is 5.94. The van der Waals surface area contributed by atoms with Crippen LogP contribution in [0.4, 0.5) is 17.1 Å². The van der Waals surface area contributed by atoms with Gasteiger partial charge in [0.25, 0.3) is 0 Å². The Bertz CT molecular complexity index is 3480. The summed E-state index contributed by atoms with van der Waals surface area (Å²) >= 11 is 0. The summed E-state index contributed by atoms with van der Waals surface area (Å²) in [6, 6.07) is 84.8. The maximum absolute atomic E-state index is 2.45. The van der Waals surface area contributed by atoms with Gasteiger partial charge in [0.05, 0.1) is 16.7 Å². The summed E-state index contributed by atoms with van der Waals surface area (Å²) in [6.07, 6.45) is 0. The van der Waals surface area contributed by atoms with E-state index in [1.165, 1.54) is 88.2 Å². The van der Waals surface area contributed by atoms with Crippen molar-refractivity contribution in [3.63, 3.8) is 0 Å². The third-order valence-electron chi connectivity index (χ3n) is 13.4. The van der Waals surface area contributed by atoms with Crippen molar-refractivity contribution in [1.82, 2.24) is 4.57 Å². The van der Waals surface area contributed by atoms with Gasteiger partial charge in [-0.2, -0.15) is 0 Å². The van der Waals surface area contributed by atoms with Gasteiger partial charge in [0.2, 0.25) is 0 Å². The van der Waals surface area contributed by atoms with Crippen molar-refractivity contribution in [2.75, 3.05) is 4.90 Å². The summed E-state index contributed by atoms with van der Waals surface area (Å²) in [5.74, 6) is 0. The minimum Gasteiger partial charge on any atom is -0.310 e. The number of benzene rings is 10.